The summed E-state index contributed by atoms with van der Waals surface area (Å²) >= 11 is 8.95. The van der Waals surface area contributed by atoms with Crippen LogP contribution in [0.2, 0.25) is 0 Å². The van der Waals surface area contributed by atoms with Crippen LogP contribution in [-0.2, 0) is 9.53 Å². The Balaban J connectivity index is 2.94. The van der Waals surface area contributed by atoms with Crippen LogP contribution in [-0.4, -0.2) is 12.6 Å². The van der Waals surface area contributed by atoms with Gasteiger partial charge in [0.05, 0.1) is 6.61 Å². The Labute approximate surface area is 101 Å². The molecule has 0 bridgehead atoms. The fourth-order valence-corrected chi connectivity index (χ4v) is 1.66. The Morgan fingerprint density at radius 1 is 1.67 bits per heavy atom. The van der Waals surface area contributed by atoms with Gasteiger partial charge in [-0.05, 0) is 25.1 Å². The van der Waals surface area contributed by atoms with Gasteiger partial charge in [0, 0.05) is 10.0 Å². The predicted molar refractivity (Wildman–Crippen MR) is 59.3 cm³/mol. The summed E-state index contributed by atoms with van der Waals surface area (Å²) in [5, 5.41) is -1.11. The molecule has 0 aromatic heterocycles. The molecule has 0 saturated carbocycles. The molecule has 1 aromatic rings. The minimum atomic E-state index is -1.11. The van der Waals surface area contributed by atoms with Crippen LogP contribution in [0.1, 0.15) is 17.9 Å². The van der Waals surface area contributed by atoms with Crippen LogP contribution in [0.4, 0.5) is 4.39 Å². The lowest BCUT2D eigenvalue weighted by atomic mass is 10.1. The van der Waals surface area contributed by atoms with Crippen molar-refractivity contribution >= 4 is 33.5 Å². The Morgan fingerprint density at radius 2 is 2.33 bits per heavy atom. The van der Waals surface area contributed by atoms with Crippen molar-refractivity contribution < 1.29 is 13.9 Å². The molecule has 0 aliphatic heterocycles. The maximum absolute atomic E-state index is 13.3. The summed E-state index contributed by atoms with van der Waals surface area (Å²) in [4.78, 5) is 11.3. The third kappa shape index (κ3) is 3.18. The molecule has 1 atom stereocenters. The molecule has 0 amide bonds. The first-order valence-electron chi connectivity index (χ1n) is 4.32. The van der Waals surface area contributed by atoms with Crippen molar-refractivity contribution in [2.45, 2.75) is 12.3 Å². The van der Waals surface area contributed by atoms with E-state index >= 15 is 0 Å². The van der Waals surface area contributed by atoms with Gasteiger partial charge in [0.25, 0.3) is 0 Å². The summed E-state index contributed by atoms with van der Waals surface area (Å²) < 4.78 is 18.7. The molecule has 0 saturated heterocycles. The van der Waals surface area contributed by atoms with Crippen molar-refractivity contribution in [3.63, 3.8) is 0 Å². The van der Waals surface area contributed by atoms with Crippen molar-refractivity contribution in [1.29, 1.82) is 0 Å². The molecule has 15 heavy (non-hydrogen) atoms. The van der Waals surface area contributed by atoms with Gasteiger partial charge in [0.15, 0.2) is 5.38 Å². The Hall–Kier alpha value is -0.610. The molecule has 5 heteroatoms. The molecule has 1 rings (SSSR count). The number of halogens is 3. The van der Waals surface area contributed by atoms with Crippen molar-refractivity contribution in [2.24, 2.45) is 0 Å². The molecule has 0 spiro atoms. The van der Waals surface area contributed by atoms with Crippen LogP contribution in [0, 0.1) is 5.82 Å². The summed E-state index contributed by atoms with van der Waals surface area (Å²) in [5.41, 5.74) is 0.115. The standard InChI is InChI=1S/C10H9BrClFO2/c1-2-15-10(14)9(12)7-5-6(11)3-4-8(7)13/h3-5,9H,2H2,1H3. The van der Waals surface area contributed by atoms with E-state index in [1.54, 1.807) is 6.92 Å². The zero-order valence-electron chi connectivity index (χ0n) is 7.97. The van der Waals surface area contributed by atoms with Gasteiger partial charge in [-0.1, -0.05) is 15.9 Å². The zero-order valence-corrected chi connectivity index (χ0v) is 10.3. The van der Waals surface area contributed by atoms with Gasteiger partial charge in [0.2, 0.25) is 0 Å². The topological polar surface area (TPSA) is 26.3 Å². The smallest absolute Gasteiger partial charge is 0.328 e. The highest BCUT2D eigenvalue weighted by Crippen LogP contribution is 2.27. The quantitative estimate of drug-likeness (QED) is 0.631. The molecule has 1 unspecified atom stereocenters. The van der Waals surface area contributed by atoms with E-state index in [1.165, 1.54) is 18.2 Å². The Bertz CT molecular complexity index is 370. The first-order chi connectivity index (χ1) is 7.06. The molecule has 0 N–H and O–H groups in total. The van der Waals surface area contributed by atoms with E-state index in [9.17, 15) is 9.18 Å². The highest BCUT2D eigenvalue weighted by atomic mass is 79.9. The van der Waals surface area contributed by atoms with Crippen molar-refractivity contribution in [3.05, 3.63) is 34.1 Å². The summed E-state index contributed by atoms with van der Waals surface area (Å²) in [7, 11) is 0. The molecule has 0 aliphatic rings. The SMILES string of the molecule is CCOC(=O)C(Cl)c1cc(Br)ccc1F. The van der Waals surface area contributed by atoms with Crippen LogP contribution in [0.5, 0.6) is 0 Å². The van der Waals surface area contributed by atoms with Crippen LogP contribution < -0.4 is 0 Å². The number of alkyl halides is 1. The first kappa shape index (κ1) is 12.5. The molecule has 0 radical (unpaired) electrons. The lowest BCUT2D eigenvalue weighted by Crippen LogP contribution is -2.12. The van der Waals surface area contributed by atoms with Gasteiger partial charge in [-0.2, -0.15) is 0 Å². The van der Waals surface area contributed by atoms with Crippen LogP contribution >= 0.6 is 27.5 Å². The van der Waals surface area contributed by atoms with Gasteiger partial charge < -0.3 is 4.74 Å². The van der Waals surface area contributed by atoms with Crippen LogP contribution in [0.25, 0.3) is 0 Å². The van der Waals surface area contributed by atoms with Crippen molar-refractivity contribution in [2.75, 3.05) is 6.61 Å². The molecule has 82 valence electrons. The van der Waals surface area contributed by atoms with Gasteiger partial charge in [-0.3, -0.25) is 4.79 Å². The highest BCUT2D eigenvalue weighted by molar-refractivity contribution is 9.10. The molecule has 2 nitrogen and oxygen atoms in total. The van der Waals surface area contributed by atoms with E-state index in [2.05, 4.69) is 15.9 Å². The average molecular weight is 296 g/mol. The van der Waals surface area contributed by atoms with Gasteiger partial charge in [0.1, 0.15) is 5.82 Å². The molecule has 1 aromatic carbocycles. The zero-order chi connectivity index (χ0) is 11.4. The molecular weight excluding hydrogens is 286 g/mol. The van der Waals surface area contributed by atoms with E-state index in [4.69, 9.17) is 16.3 Å². The van der Waals surface area contributed by atoms with Crippen molar-refractivity contribution in [1.82, 2.24) is 0 Å². The maximum atomic E-state index is 13.3. The lowest BCUT2D eigenvalue weighted by Gasteiger charge is -2.10. The molecule has 0 heterocycles. The average Bonchev–Trinajstić information content (AvgIpc) is 2.21. The van der Waals surface area contributed by atoms with Crippen molar-refractivity contribution in [3.8, 4) is 0 Å². The van der Waals surface area contributed by atoms with E-state index in [1.807, 2.05) is 0 Å². The van der Waals surface area contributed by atoms with Gasteiger partial charge in [-0.15, -0.1) is 11.6 Å². The number of carbonyl (C=O) groups excluding carboxylic acids is 1. The number of rotatable bonds is 3. The molecule has 0 fully saturated rings. The fourth-order valence-electron chi connectivity index (χ4n) is 1.05. The molecule has 0 aliphatic carbocycles. The number of hydrogen-bond acceptors (Lipinski definition) is 2. The van der Waals surface area contributed by atoms with E-state index in [0.717, 1.165) is 0 Å². The van der Waals surface area contributed by atoms with E-state index in [0.29, 0.717) is 4.47 Å². The second-order valence-electron chi connectivity index (χ2n) is 2.78. The number of hydrogen-bond donors (Lipinski definition) is 0. The first-order valence-corrected chi connectivity index (χ1v) is 5.55. The van der Waals surface area contributed by atoms with Crippen LogP contribution in [0.15, 0.2) is 22.7 Å². The van der Waals surface area contributed by atoms with E-state index < -0.39 is 17.2 Å². The minimum absolute atomic E-state index is 0.115. The third-order valence-electron chi connectivity index (χ3n) is 1.72. The minimum Gasteiger partial charge on any atom is -0.465 e. The lowest BCUT2D eigenvalue weighted by molar-refractivity contribution is -0.142. The monoisotopic (exact) mass is 294 g/mol. The number of carbonyl (C=O) groups is 1. The largest absolute Gasteiger partial charge is 0.465 e. The number of ether oxygens (including phenoxy) is 1. The number of esters is 1. The third-order valence-corrected chi connectivity index (χ3v) is 2.63. The summed E-state index contributed by atoms with van der Waals surface area (Å²) in [6.45, 7) is 1.89. The second kappa shape index (κ2) is 5.47. The van der Waals surface area contributed by atoms with Gasteiger partial charge >= 0.3 is 5.97 Å². The summed E-state index contributed by atoms with van der Waals surface area (Å²) in [6.07, 6.45) is 0. The maximum Gasteiger partial charge on any atom is 0.328 e. The van der Waals surface area contributed by atoms with Gasteiger partial charge in [-0.25, -0.2) is 4.39 Å². The summed E-state index contributed by atoms with van der Waals surface area (Å²) in [6, 6.07) is 4.24. The highest BCUT2D eigenvalue weighted by Gasteiger charge is 2.22. The molecular formula is C10H9BrClFO2. The summed E-state index contributed by atoms with van der Waals surface area (Å²) in [5.74, 6) is -1.16. The number of benzene rings is 1. The van der Waals surface area contributed by atoms with E-state index in [-0.39, 0.29) is 12.2 Å². The van der Waals surface area contributed by atoms with Crippen LogP contribution in [0.3, 0.4) is 0 Å². The fraction of sp³-hybridized carbons (Fsp3) is 0.300. The Kier molecular flexibility index (Phi) is 4.54. The predicted octanol–water partition coefficient (Wildman–Crippen LogP) is 3.43. The normalized spacial score (nSPS) is 12.3. The Morgan fingerprint density at radius 3 is 2.93 bits per heavy atom. The second-order valence-corrected chi connectivity index (χ2v) is 4.13.